The standard InChI is InChI=1S/C19H15FN4O/c20-16-4-1-12(2-5-16)9-21-19-22-10-15(11-23-19)13-3-6-17-14(7-13)8-18(25)24-17/h1-7,10-11H,8-9H2,(H,24,25)(H,21,22,23). The highest BCUT2D eigenvalue weighted by Crippen LogP contribution is 2.28. The molecule has 0 atom stereocenters. The highest BCUT2D eigenvalue weighted by molar-refractivity contribution is 5.99. The third-order valence-corrected chi connectivity index (χ3v) is 4.08. The van der Waals surface area contributed by atoms with Crippen LogP contribution >= 0.6 is 0 Å². The average Bonchev–Trinajstić information content (AvgIpc) is 3.01. The fourth-order valence-electron chi connectivity index (χ4n) is 2.76. The Morgan fingerprint density at radius 2 is 1.80 bits per heavy atom. The second-order valence-corrected chi connectivity index (χ2v) is 5.87. The summed E-state index contributed by atoms with van der Waals surface area (Å²) in [5.74, 6) is 0.269. The van der Waals surface area contributed by atoms with Gasteiger partial charge in [0.1, 0.15) is 5.82 Å². The van der Waals surface area contributed by atoms with Gasteiger partial charge in [-0.3, -0.25) is 4.79 Å². The van der Waals surface area contributed by atoms with Gasteiger partial charge in [-0.25, -0.2) is 14.4 Å². The Bertz CT molecular complexity index is 923. The van der Waals surface area contributed by atoms with Crippen LogP contribution in [0.5, 0.6) is 0 Å². The maximum atomic E-state index is 12.9. The normalized spacial score (nSPS) is 12.6. The van der Waals surface area contributed by atoms with E-state index in [4.69, 9.17) is 0 Å². The van der Waals surface area contributed by atoms with Crippen molar-refractivity contribution in [2.75, 3.05) is 10.6 Å². The van der Waals surface area contributed by atoms with Gasteiger partial charge in [0.2, 0.25) is 11.9 Å². The zero-order valence-electron chi connectivity index (χ0n) is 13.3. The molecule has 4 rings (SSSR count). The minimum Gasteiger partial charge on any atom is -0.350 e. The van der Waals surface area contributed by atoms with E-state index in [2.05, 4.69) is 20.6 Å². The number of anilines is 2. The number of fused-ring (bicyclic) bond motifs is 1. The van der Waals surface area contributed by atoms with Crippen LogP contribution in [-0.4, -0.2) is 15.9 Å². The number of amides is 1. The first-order valence-corrected chi connectivity index (χ1v) is 7.91. The highest BCUT2D eigenvalue weighted by atomic mass is 19.1. The maximum Gasteiger partial charge on any atom is 0.228 e. The third-order valence-electron chi connectivity index (χ3n) is 4.08. The molecule has 1 aromatic heterocycles. The summed E-state index contributed by atoms with van der Waals surface area (Å²) >= 11 is 0. The Hall–Kier alpha value is -3.28. The van der Waals surface area contributed by atoms with E-state index < -0.39 is 0 Å². The Morgan fingerprint density at radius 1 is 1.04 bits per heavy atom. The fourth-order valence-corrected chi connectivity index (χ4v) is 2.76. The predicted octanol–water partition coefficient (Wildman–Crippen LogP) is 3.39. The summed E-state index contributed by atoms with van der Waals surface area (Å²) in [7, 11) is 0. The van der Waals surface area contributed by atoms with Gasteiger partial charge < -0.3 is 10.6 Å². The maximum absolute atomic E-state index is 12.9. The molecule has 6 heteroatoms. The van der Waals surface area contributed by atoms with Crippen LogP contribution in [0.2, 0.25) is 0 Å². The van der Waals surface area contributed by atoms with Crippen molar-refractivity contribution in [3.05, 3.63) is 71.8 Å². The Morgan fingerprint density at radius 3 is 2.56 bits per heavy atom. The van der Waals surface area contributed by atoms with Crippen molar-refractivity contribution in [3.8, 4) is 11.1 Å². The Balaban J connectivity index is 1.46. The molecule has 0 spiro atoms. The topological polar surface area (TPSA) is 66.9 Å². The number of nitrogens with one attached hydrogen (secondary N) is 2. The molecule has 1 aliphatic rings. The SMILES string of the molecule is O=C1Cc2cc(-c3cnc(NCc4ccc(F)cc4)nc3)ccc2N1. The number of nitrogens with zero attached hydrogens (tertiary/aromatic N) is 2. The van der Waals surface area contributed by atoms with E-state index in [1.165, 1.54) is 12.1 Å². The summed E-state index contributed by atoms with van der Waals surface area (Å²) in [4.78, 5) is 20.1. The van der Waals surface area contributed by atoms with Crippen molar-refractivity contribution in [2.24, 2.45) is 0 Å². The number of carbonyl (C=O) groups is 1. The molecule has 3 aromatic rings. The summed E-state index contributed by atoms with van der Waals surface area (Å²) in [6.45, 7) is 0.520. The van der Waals surface area contributed by atoms with Gasteiger partial charge in [0, 0.05) is 30.2 Å². The molecule has 0 unspecified atom stereocenters. The minimum atomic E-state index is -0.254. The second kappa shape index (κ2) is 6.32. The largest absolute Gasteiger partial charge is 0.350 e. The van der Waals surface area contributed by atoms with E-state index in [-0.39, 0.29) is 11.7 Å². The fraction of sp³-hybridized carbons (Fsp3) is 0.105. The molecule has 1 amide bonds. The van der Waals surface area contributed by atoms with Gasteiger partial charge >= 0.3 is 0 Å². The van der Waals surface area contributed by atoms with Crippen LogP contribution in [0.3, 0.4) is 0 Å². The van der Waals surface area contributed by atoms with E-state index >= 15 is 0 Å². The molecule has 2 aromatic carbocycles. The number of rotatable bonds is 4. The molecule has 5 nitrogen and oxygen atoms in total. The summed E-state index contributed by atoms with van der Waals surface area (Å²) in [5, 5.41) is 5.92. The number of hydrogen-bond donors (Lipinski definition) is 2. The molecule has 124 valence electrons. The van der Waals surface area contributed by atoms with Crippen molar-refractivity contribution in [1.82, 2.24) is 9.97 Å². The lowest BCUT2D eigenvalue weighted by atomic mass is 10.0. The highest BCUT2D eigenvalue weighted by Gasteiger charge is 2.17. The summed E-state index contributed by atoms with van der Waals surface area (Å²) < 4.78 is 12.9. The lowest BCUT2D eigenvalue weighted by Crippen LogP contribution is -2.03. The number of halogens is 1. The third kappa shape index (κ3) is 3.33. The van der Waals surface area contributed by atoms with E-state index in [1.807, 2.05) is 18.2 Å². The Kier molecular flexibility index (Phi) is 3.85. The van der Waals surface area contributed by atoms with Crippen LogP contribution in [0.15, 0.2) is 54.9 Å². The minimum absolute atomic E-state index is 0.0174. The van der Waals surface area contributed by atoms with Crippen LogP contribution in [0.1, 0.15) is 11.1 Å². The summed E-state index contributed by atoms with van der Waals surface area (Å²) in [6.07, 6.45) is 3.89. The van der Waals surface area contributed by atoms with Gasteiger partial charge in [-0.05, 0) is 41.0 Å². The molecule has 25 heavy (non-hydrogen) atoms. The number of hydrogen-bond acceptors (Lipinski definition) is 4. The number of carbonyl (C=O) groups excluding carboxylic acids is 1. The van der Waals surface area contributed by atoms with E-state index in [0.29, 0.717) is 18.9 Å². The zero-order chi connectivity index (χ0) is 17.2. The molecule has 2 N–H and O–H groups in total. The van der Waals surface area contributed by atoms with Gasteiger partial charge in [-0.1, -0.05) is 18.2 Å². The second-order valence-electron chi connectivity index (χ2n) is 5.87. The molecule has 0 fully saturated rings. The Labute approximate surface area is 144 Å². The molecule has 0 aliphatic carbocycles. The van der Waals surface area contributed by atoms with Gasteiger partial charge in [0.25, 0.3) is 0 Å². The van der Waals surface area contributed by atoms with E-state index in [1.54, 1.807) is 24.5 Å². The predicted molar refractivity (Wildman–Crippen MR) is 93.5 cm³/mol. The van der Waals surface area contributed by atoms with Gasteiger partial charge in [0.15, 0.2) is 0 Å². The van der Waals surface area contributed by atoms with Crippen LogP contribution in [0.4, 0.5) is 16.0 Å². The average molecular weight is 334 g/mol. The van der Waals surface area contributed by atoms with Gasteiger partial charge in [0.05, 0.1) is 6.42 Å². The monoisotopic (exact) mass is 334 g/mol. The summed E-state index contributed by atoms with van der Waals surface area (Å²) in [5.41, 5.74) is 4.66. The molecule has 1 aliphatic heterocycles. The first-order valence-electron chi connectivity index (χ1n) is 7.91. The van der Waals surface area contributed by atoms with Crippen molar-refractivity contribution in [1.29, 1.82) is 0 Å². The quantitative estimate of drug-likeness (QED) is 0.767. The first kappa shape index (κ1) is 15.3. The smallest absolute Gasteiger partial charge is 0.228 e. The van der Waals surface area contributed by atoms with Crippen molar-refractivity contribution >= 4 is 17.5 Å². The summed E-state index contributed by atoms with van der Waals surface area (Å²) in [6, 6.07) is 12.1. The molecule has 2 heterocycles. The van der Waals surface area contributed by atoms with Gasteiger partial charge in [-0.2, -0.15) is 0 Å². The van der Waals surface area contributed by atoms with Crippen molar-refractivity contribution in [2.45, 2.75) is 13.0 Å². The first-order chi connectivity index (χ1) is 12.2. The lowest BCUT2D eigenvalue weighted by molar-refractivity contribution is -0.115. The van der Waals surface area contributed by atoms with E-state index in [9.17, 15) is 9.18 Å². The number of aromatic nitrogens is 2. The van der Waals surface area contributed by atoms with Crippen molar-refractivity contribution < 1.29 is 9.18 Å². The molecular formula is C19H15FN4O. The molecular weight excluding hydrogens is 319 g/mol. The van der Waals surface area contributed by atoms with Crippen LogP contribution < -0.4 is 10.6 Å². The molecule has 0 bridgehead atoms. The van der Waals surface area contributed by atoms with Crippen LogP contribution in [0, 0.1) is 5.82 Å². The molecule has 0 saturated carbocycles. The molecule has 0 saturated heterocycles. The zero-order valence-corrected chi connectivity index (χ0v) is 13.3. The van der Waals surface area contributed by atoms with E-state index in [0.717, 1.165) is 27.9 Å². The lowest BCUT2D eigenvalue weighted by Gasteiger charge is -2.07. The molecule has 0 radical (unpaired) electrons. The van der Waals surface area contributed by atoms with Crippen molar-refractivity contribution in [3.63, 3.8) is 0 Å². The van der Waals surface area contributed by atoms with Crippen LogP contribution in [0.25, 0.3) is 11.1 Å². The number of benzene rings is 2. The van der Waals surface area contributed by atoms with Crippen LogP contribution in [-0.2, 0) is 17.8 Å². The van der Waals surface area contributed by atoms with Gasteiger partial charge in [-0.15, -0.1) is 0 Å².